The molecule has 2 fully saturated rings. The van der Waals surface area contributed by atoms with Crippen LogP contribution in [-0.2, 0) is 9.47 Å². The van der Waals surface area contributed by atoms with Gasteiger partial charge in [0.2, 0.25) is 5.43 Å². The first kappa shape index (κ1) is 32.1. The lowest BCUT2D eigenvalue weighted by atomic mass is 9.85. The van der Waals surface area contributed by atoms with Crippen LogP contribution in [0.4, 0.5) is 0 Å². The van der Waals surface area contributed by atoms with Crippen molar-refractivity contribution in [3.8, 4) is 23.0 Å². The Morgan fingerprint density at radius 1 is 0.705 bits per heavy atom. The molecule has 3 heterocycles. The van der Waals surface area contributed by atoms with Gasteiger partial charge >= 0.3 is 0 Å². The fraction of sp³-hybridized carbons (Fsp3) is 0.536. The summed E-state index contributed by atoms with van der Waals surface area (Å²) in [7, 11) is 3.81. The summed E-state index contributed by atoms with van der Waals surface area (Å²) in [6, 6.07) is 2.63. The maximum atomic E-state index is 14.1. The van der Waals surface area contributed by atoms with E-state index in [4.69, 9.17) is 28.1 Å². The number of aliphatic hydroxyl groups is 8. The van der Waals surface area contributed by atoms with Gasteiger partial charge < -0.3 is 74.1 Å². The van der Waals surface area contributed by atoms with Crippen molar-refractivity contribution in [2.24, 2.45) is 0 Å². The van der Waals surface area contributed by atoms with Gasteiger partial charge in [-0.15, -0.1) is 0 Å². The number of phenolic OH excluding ortho intramolecular Hbond substituents is 1. The molecule has 0 bridgehead atoms. The van der Waals surface area contributed by atoms with E-state index in [0.717, 1.165) is 7.11 Å². The molecule has 1 aromatic heterocycles. The first-order valence-electron chi connectivity index (χ1n) is 13.5. The molecule has 0 aliphatic carbocycles. The van der Waals surface area contributed by atoms with E-state index in [1.165, 1.54) is 26.4 Å². The number of aliphatic hydroxyl groups excluding tert-OH is 8. The molecule has 10 atom stereocenters. The molecule has 16 nitrogen and oxygen atoms in total. The topological polar surface area (TPSA) is 258 Å². The molecule has 2 aliphatic heterocycles. The van der Waals surface area contributed by atoms with Crippen LogP contribution in [0.5, 0.6) is 23.0 Å². The molecular formula is C28H34O16. The molecule has 3 aromatic rings. The van der Waals surface area contributed by atoms with Crippen LogP contribution < -0.4 is 19.6 Å². The molecule has 0 amide bonds. The van der Waals surface area contributed by atoms with E-state index >= 15 is 0 Å². The van der Waals surface area contributed by atoms with Crippen LogP contribution in [-0.4, -0.2) is 129 Å². The largest absolute Gasteiger partial charge is 0.506 e. The van der Waals surface area contributed by atoms with Crippen LogP contribution in [0.25, 0.3) is 21.9 Å². The second-order valence-corrected chi connectivity index (χ2v) is 10.5. The molecule has 9 N–H and O–H groups in total. The Bertz CT molecular complexity index is 1580. The maximum Gasteiger partial charge on any atom is 0.204 e. The smallest absolute Gasteiger partial charge is 0.204 e. The molecular weight excluding hydrogens is 592 g/mol. The number of fused-ring (bicyclic) bond motifs is 2. The molecule has 16 heteroatoms. The van der Waals surface area contributed by atoms with Crippen molar-refractivity contribution in [1.82, 2.24) is 0 Å². The van der Waals surface area contributed by atoms with Crippen molar-refractivity contribution in [2.75, 3.05) is 34.5 Å². The second kappa shape index (κ2) is 12.2. The first-order valence-corrected chi connectivity index (χ1v) is 13.5. The van der Waals surface area contributed by atoms with Crippen LogP contribution in [0, 0.1) is 0 Å². The highest BCUT2D eigenvalue weighted by Gasteiger charge is 2.50. The summed E-state index contributed by atoms with van der Waals surface area (Å²) in [6.07, 6.45) is -17.5. The minimum atomic E-state index is -1.95. The van der Waals surface area contributed by atoms with Crippen molar-refractivity contribution in [1.29, 1.82) is 0 Å². The highest BCUT2D eigenvalue weighted by atomic mass is 16.6. The van der Waals surface area contributed by atoms with E-state index in [1.54, 1.807) is 0 Å². The average Bonchev–Trinajstić information content (AvgIpc) is 3.02. The Kier molecular flexibility index (Phi) is 8.94. The quantitative estimate of drug-likeness (QED) is 0.125. The zero-order chi connectivity index (χ0) is 32.2. The van der Waals surface area contributed by atoms with Crippen LogP contribution in [0.2, 0.25) is 0 Å². The fourth-order valence-electron chi connectivity index (χ4n) is 5.84. The third-order valence-corrected chi connectivity index (χ3v) is 8.18. The van der Waals surface area contributed by atoms with Crippen LogP contribution in [0.15, 0.2) is 21.3 Å². The minimum absolute atomic E-state index is 0.0759. The Morgan fingerprint density at radius 3 is 1.68 bits per heavy atom. The Labute approximate surface area is 248 Å². The zero-order valence-corrected chi connectivity index (χ0v) is 23.7. The summed E-state index contributed by atoms with van der Waals surface area (Å²) < 4.78 is 33.8. The lowest BCUT2D eigenvalue weighted by Crippen LogP contribution is -2.55. The van der Waals surface area contributed by atoms with E-state index in [1.807, 2.05) is 0 Å². The molecule has 0 saturated carbocycles. The molecule has 2 aliphatic rings. The predicted molar refractivity (Wildman–Crippen MR) is 147 cm³/mol. The summed E-state index contributed by atoms with van der Waals surface area (Å²) in [5.74, 6) is -0.944. The monoisotopic (exact) mass is 626 g/mol. The van der Waals surface area contributed by atoms with Gasteiger partial charge in [-0.3, -0.25) is 4.79 Å². The first-order chi connectivity index (χ1) is 20.9. The molecule has 2 saturated heterocycles. The third kappa shape index (κ3) is 4.83. The molecule has 0 spiro atoms. The maximum absolute atomic E-state index is 14.1. The average molecular weight is 627 g/mol. The van der Waals surface area contributed by atoms with Crippen LogP contribution in [0.3, 0.4) is 0 Å². The normalized spacial score (nSPS) is 32.6. The molecule has 242 valence electrons. The predicted octanol–water partition coefficient (Wildman–Crippen LogP) is -2.29. The number of hydrogen-bond acceptors (Lipinski definition) is 16. The molecule has 0 radical (unpaired) electrons. The zero-order valence-electron chi connectivity index (χ0n) is 23.7. The Balaban J connectivity index is 1.92. The van der Waals surface area contributed by atoms with Gasteiger partial charge in [-0.1, -0.05) is 0 Å². The number of ether oxygens (including phenoxy) is 5. The van der Waals surface area contributed by atoms with Crippen molar-refractivity contribution >= 4 is 21.9 Å². The lowest BCUT2D eigenvalue weighted by molar-refractivity contribution is -0.233. The van der Waals surface area contributed by atoms with Crippen LogP contribution >= 0.6 is 0 Å². The van der Waals surface area contributed by atoms with E-state index in [-0.39, 0.29) is 28.0 Å². The number of aromatic hydroxyl groups is 1. The highest BCUT2D eigenvalue weighted by molar-refractivity contribution is 5.98. The van der Waals surface area contributed by atoms with Gasteiger partial charge in [0.05, 0.1) is 51.1 Å². The fourth-order valence-corrected chi connectivity index (χ4v) is 5.84. The van der Waals surface area contributed by atoms with Crippen LogP contribution in [0.1, 0.15) is 23.3 Å². The SMILES string of the molecule is COc1cc2oc3c([C@H]4O[C@H](CO)[C@@H](O)[C@H](O)[C@H]4O)c(OC)c([C@@H]4O[C@H](CO)[C@@H](O)[C@H](O)[C@H]4O)c(O)c3c(=O)c2cc1OC. The lowest BCUT2D eigenvalue weighted by Gasteiger charge is -2.42. The Morgan fingerprint density at radius 2 is 1.20 bits per heavy atom. The number of phenols is 1. The number of benzene rings is 2. The van der Waals surface area contributed by atoms with Gasteiger partial charge in [0, 0.05) is 6.07 Å². The molecule has 2 aromatic carbocycles. The number of rotatable bonds is 7. The van der Waals surface area contributed by atoms with Gasteiger partial charge in [0.25, 0.3) is 0 Å². The minimum Gasteiger partial charge on any atom is -0.506 e. The molecule has 44 heavy (non-hydrogen) atoms. The summed E-state index contributed by atoms with van der Waals surface area (Å²) in [4.78, 5) is 14.1. The summed E-state index contributed by atoms with van der Waals surface area (Å²) in [5.41, 5.74) is -2.11. The van der Waals surface area contributed by atoms with E-state index < -0.39 is 108 Å². The molecule has 0 unspecified atom stereocenters. The third-order valence-electron chi connectivity index (χ3n) is 8.18. The van der Waals surface area contributed by atoms with E-state index in [2.05, 4.69) is 0 Å². The van der Waals surface area contributed by atoms with E-state index in [9.17, 15) is 50.8 Å². The van der Waals surface area contributed by atoms with Crippen molar-refractivity contribution in [2.45, 2.75) is 61.0 Å². The van der Waals surface area contributed by atoms with Gasteiger partial charge in [-0.05, 0) is 6.07 Å². The summed E-state index contributed by atoms with van der Waals surface area (Å²) in [5, 5.41) is 94.6. The second-order valence-electron chi connectivity index (χ2n) is 10.5. The van der Waals surface area contributed by atoms with Gasteiger partial charge in [0.1, 0.15) is 83.5 Å². The summed E-state index contributed by atoms with van der Waals surface area (Å²) >= 11 is 0. The Hall–Kier alpha value is -3.29. The highest BCUT2D eigenvalue weighted by Crippen LogP contribution is 2.51. The summed E-state index contributed by atoms with van der Waals surface area (Å²) in [6.45, 7) is -1.62. The van der Waals surface area contributed by atoms with Crippen molar-refractivity contribution in [3.63, 3.8) is 0 Å². The van der Waals surface area contributed by atoms with Crippen molar-refractivity contribution < 1.29 is 74.1 Å². The van der Waals surface area contributed by atoms with E-state index in [0.29, 0.717) is 0 Å². The molecule has 5 rings (SSSR count). The number of hydrogen-bond donors (Lipinski definition) is 9. The standard InChI is InChI=1S/C28H34O16/c1-39-10-4-8-9(5-11(10)40-2)42-26-14(17(8)31)20(34)15(27-23(37)21(35)18(32)12(6-29)43-27)25(41-3)16(26)28-24(38)22(36)19(33)13(7-30)44-28/h4-5,12-13,18-19,21-24,27-30,32-38H,6-7H2,1-3H3/t12-,13-,18-,19-,21+,22+,23-,24-,27+,28-/m1/s1. The van der Waals surface area contributed by atoms with Gasteiger partial charge in [0.15, 0.2) is 17.1 Å². The number of methoxy groups -OCH3 is 3. The van der Waals surface area contributed by atoms with Crippen molar-refractivity contribution in [3.05, 3.63) is 33.5 Å². The van der Waals surface area contributed by atoms with Gasteiger partial charge in [-0.25, -0.2) is 0 Å². The van der Waals surface area contributed by atoms with Gasteiger partial charge in [-0.2, -0.15) is 0 Å².